The van der Waals surface area contributed by atoms with Crippen LogP contribution >= 0.6 is 0 Å². The van der Waals surface area contributed by atoms with Crippen LogP contribution in [0.3, 0.4) is 0 Å². The third-order valence-corrected chi connectivity index (χ3v) is 5.29. The minimum atomic E-state index is -0.610. The van der Waals surface area contributed by atoms with E-state index in [2.05, 4.69) is 62.5 Å². The molecule has 3 rings (SSSR count). The average Bonchev–Trinajstić information content (AvgIpc) is 2.73. The van der Waals surface area contributed by atoms with Crippen LogP contribution in [0.25, 0.3) is 0 Å². The summed E-state index contributed by atoms with van der Waals surface area (Å²) in [5, 5.41) is 3.19. The summed E-state index contributed by atoms with van der Waals surface area (Å²) >= 11 is 0. The van der Waals surface area contributed by atoms with Crippen LogP contribution in [-0.4, -0.2) is 12.0 Å². The molecule has 0 aliphatic heterocycles. The zero-order chi connectivity index (χ0) is 21.7. The molecule has 3 heteroatoms. The lowest BCUT2D eigenvalue weighted by Gasteiger charge is -2.24. The van der Waals surface area contributed by atoms with Crippen molar-refractivity contribution in [2.75, 3.05) is 0 Å². The van der Waals surface area contributed by atoms with Crippen LogP contribution < -0.4 is 10.1 Å². The van der Waals surface area contributed by atoms with Crippen molar-refractivity contribution in [1.82, 2.24) is 5.32 Å². The van der Waals surface area contributed by atoms with Gasteiger partial charge in [0.05, 0.1) is 6.04 Å². The maximum absolute atomic E-state index is 13.1. The number of nitrogens with one attached hydrogen (secondary N) is 1. The zero-order valence-electron chi connectivity index (χ0n) is 18.5. The smallest absolute Gasteiger partial charge is 0.261 e. The predicted octanol–water partition coefficient (Wildman–Crippen LogP) is 6.10. The minimum Gasteiger partial charge on any atom is -0.481 e. The largest absolute Gasteiger partial charge is 0.481 e. The molecule has 0 saturated carbocycles. The van der Waals surface area contributed by atoms with Crippen molar-refractivity contribution >= 4 is 5.91 Å². The summed E-state index contributed by atoms with van der Waals surface area (Å²) in [4.78, 5) is 13.1. The van der Waals surface area contributed by atoms with Gasteiger partial charge in [-0.2, -0.15) is 0 Å². The molecule has 1 amide bonds. The lowest BCUT2D eigenvalue weighted by atomic mass is 9.97. The number of rotatable bonds is 7. The Morgan fingerprint density at radius 1 is 0.800 bits per heavy atom. The second-order valence-electron chi connectivity index (χ2n) is 8.22. The molecule has 2 atom stereocenters. The first-order valence-corrected chi connectivity index (χ1v) is 10.5. The fourth-order valence-corrected chi connectivity index (χ4v) is 3.49. The van der Waals surface area contributed by atoms with E-state index < -0.39 is 6.10 Å². The first-order chi connectivity index (χ1) is 14.3. The van der Waals surface area contributed by atoms with Crippen molar-refractivity contribution in [3.05, 3.63) is 101 Å². The third kappa shape index (κ3) is 5.29. The maximum atomic E-state index is 13.1. The van der Waals surface area contributed by atoms with Gasteiger partial charge >= 0.3 is 0 Å². The van der Waals surface area contributed by atoms with Gasteiger partial charge in [0, 0.05) is 0 Å². The number of carbonyl (C=O) groups is 1. The van der Waals surface area contributed by atoms with Gasteiger partial charge in [-0.05, 0) is 55.0 Å². The van der Waals surface area contributed by atoms with Crippen LogP contribution in [0.1, 0.15) is 60.5 Å². The molecule has 0 saturated heterocycles. The van der Waals surface area contributed by atoms with Gasteiger partial charge in [0.15, 0.2) is 6.10 Å². The summed E-state index contributed by atoms with van der Waals surface area (Å²) in [5.41, 5.74) is 5.50. The molecule has 3 aromatic rings. The highest BCUT2D eigenvalue weighted by Gasteiger charge is 2.23. The predicted molar refractivity (Wildman–Crippen MR) is 123 cm³/mol. The Kier molecular flexibility index (Phi) is 6.94. The molecule has 0 bridgehead atoms. The van der Waals surface area contributed by atoms with E-state index >= 15 is 0 Å². The molecule has 0 fully saturated rings. The first kappa shape index (κ1) is 21.6. The second kappa shape index (κ2) is 9.62. The maximum Gasteiger partial charge on any atom is 0.261 e. The van der Waals surface area contributed by atoms with E-state index in [0.717, 1.165) is 28.0 Å². The molecule has 0 aliphatic rings. The average molecular weight is 402 g/mol. The van der Waals surface area contributed by atoms with Crippen LogP contribution in [0.15, 0.2) is 72.8 Å². The Morgan fingerprint density at radius 3 is 2.03 bits per heavy atom. The van der Waals surface area contributed by atoms with E-state index in [0.29, 0.717) is 5.92 Å². The van der Waals surface area contributed by atoms with Gasteiger partial charge in [0.1, 0.15) is 5.75 Å². The molecule has 0 unspecified atom stereocenters. The van der Waals surface area contributed by atoms with Gasteiger partial charge in [-0.15, -0.1) is 0 Å². The van der Waals surface area contributed by atoms with Crippen LogP contribution in [0, 0.1) is 13.8 Å². The summed E-state index contributed by atoms with van der Waals surface area (Å²) in [6.07, 6.45) is -0.610. The molecule has 1 N–H and O–H groups in total. The van der Waals surface area contributed by atoms with Gasteiger partial charge in [0.2, 0.25) is 0 Å². The number of amides is 1. The molecule has 0 heterocycles. The Hall–Kier alpha value is -3.07. The fraction of sp³-hybridized carbons (Fsp3) is 0.296. The Labute approximate surface area is 180 Å². The van der Waals surface area contributed by atoms with Gasteiger partial charge in [-0.1, -0.05) is 86.1 Å². The molecule has 30 heavy (non-hydrogen) atoms. The number of hydrogen-bond acceptors (Lipinski definition) is 2. The third-order valence-electron chi connectivity index (χ3n) is 5.29. The zero-order valence-corrected chi connectivity index (χ0v) is 18.5. The molecule has 0 aliphatic carbocycles. The van der Waals surface area contributed by atoms with Crippen LogP contribution in [0.4, 0.5) is 0 Å². The van der Waals surface area contributed by atoms with Crippen LogP contribution in [0.5, 0.6) is 5.75 Å². The topological polar surface area (TPSA) is 38.3 Å². The normalized spacial score (nSPS) is 13.0. The van der Waals surface area contributed by atoms with E-state index in [1.54, 1.807) is 6.92 Å². The van der Waals surface area contributed by atoms with E-state index in [-0.39, 0.29) is 11.9 Å². The van der Waals surface area contributed by atoms with Crippen LogP contribution in [0.2, 0.25) is 0 Å². The van der Waals surface area contributed by atoms with Crippen molar-refractivity contribution in [2.45, 2.75) is 52.7 Å². The summed E-state index contributed by atoms with van der Waals surface area (Å²) in [6, 6.07) is 24.2. The van der Waals surface area contributed by atoms with Crippen molar-refractivity contribution in [2.24, 2.45) is 0 Å². The lowest BCUT2D eigenvalue weighted by Crippen LogP contribution is -2.39. The van der Waals surface area contributed by atoms with Crippen molar-refractivity contribution in [3.8, 4) is 5.75 Å². The highest BCUT2D eigenvalue weighted by atomic mass is 16.5. The number of aryl methyl sites for hydroxylation is 2. The van der Waals surface area contributed by atoms with E-state index in [1.807, 2.05) is 43.3 Å². The van der Waals surface area contributed by atoms with Crippen molar-refractivity contribution in [1.29, 1.82) is 0 Å². The van der Waals surface area contributed by atoms with E-state index in [4.69, 9.17) is 4.74 Å². The van der Waals surface area contributed by atoms with Gasteiger partial charge in [0.25, 0.3) is 5.91 Å². The number of carbonyl (C=O) groups excluding carboxylic acids is 1. The summed E-state index contributed by atoms with van der Waals surface area (Å²) < 4.78 is 6.13. The highest BCUT2D eigenvalue weighted by Crippen LogP contribution is 2.29. The standard InChI is InChI=1S/C27H31NO2/c1-18(2)24-16-13-20(4)17-25(24)30-21(5)27(29)28-26(22-9-7-6-8-10-22)23-14-11-19(3)12-15-23/h6-18,21,26H,1-5H3,(H,28,29)/t21-,26-/m0/s1. The Bertz CT molecular complexity index is 978. The molecule has 3 aromatic carbocycles. The molecule has 156 valence electrons. The van der Waals surface area contributed by atoms with Gasteiger partial charge < -0.3 is 10.1 Å². The molecular weight excluding hydrogens is 370 g/mol. The number of benzene rings is 3. The van der Waals surface area contributed by atoms with Crippen molar-refractivity contribution < 1.29 is 9.53 Å². The Balaban J connectivity index is 1.82. The quantitative estimate of drug-likeness (QED) is 0.519. The fourth-order valence-electron chi connectivity index (χ4n) is 3.49. The summed E-state index contributed by atoms with van der Waals surface area (Å²) in [6.45, 7) is 10.2. The monoisotopic (exact) mass is 401 g/mol. The second-order valence-corrected chi connectivity index (χ2v) is 8.22. The summed E-state index contributed by atoms with van der Waals surface area (Å²) in [7, 11) is 0. The number of hydrogen-bond donors (Lipinski definition) is 1. The highest BCUT2D eigenvalue weighted by molar-refractivity contribution is 5.81. The molecule has 0 radical (unpaired) electrons. The van der Waals surface area contributed by atoms with E-state index in [9.17, 15) is 4.79 Å². The minimum absolute atomic E-state index is 0.138. The summed E-state index contributed by atoms with van der Waals surface area (Å²) in [5.74, 6) is 0.959. The SMILES string of the molecule is Cc1ccc([C@@H](NC(=O)[C@H](C)Oc2cc(C)ccc2C(C)C)c2ccccc2)cc1. The molecule has 0 spiro atoms. The molecule has 3 nitrogen and oxygen atoms in total. The first-order valence-electron chi connectivity index (χ1n) is 10.5. The molecular formula is C27H31NO2. The Morgan fingerprint density at radius 2 is 1.40 bits per heavy atom. The van der Waals surface area contributed by atoms with Crippen molar-refractivity contribution in [3.63, 3.8) is 0 Å². The van der Waals surface area contributed by atoms with Gasteiger partial charge in [-0.25, -0.2) is 0 Å². The van der Waals surface area contributed by atoms with Gasteiger partial charge in [-0.3, -0.25) is 4.79 Å². The van der Waals surface area contributed by atoms with Crippen LogP contribution in [-0.2, 0) is 4.79 Å². The van der Waals surface area contributed by atoms with E-state index in [1.165, 1.54) is 5.56 Å². The number of ether oxygens (including phenoxy) is 1. The lowest BCUT2D eigenvalue weighted by molar-refractivity contribution is -0.127. The molecule has 0 aromatic heterocycles.